The summed E-state index contributed by atoms with van der Waals surface area (Å²) in [7, 11) is 0. The molecule has 7 heteroatoms. The van der Waals surface area contributed by atoms with E-state index in [4.69, 9.17) is 9.47 Å². The molecule has 2 aromatic carbocycles. The van der Waals surface area contributed by atoms with Crippen molar-refractivity contribution in [1.29, 1.82) is 0 Å². The van der Waals surface area contributed by atoms with E-state index in [0.717, 1.165) is 55.2 Å². The van der Waals surface area contributed by atoms with Crippen molar-refractivity contribution in [2.75, 3.05) is 6.79 Å². The van der Waals surface area contributed by atoms with Gasteiger partial charge in [-0.3, -0.25) is 0 Å². The molecule has 1 fully saturated rings. The van der Waals surface area contributed by atoms with Crippen LogP contribution in [0.1, 0.15) is 43.5 Å². The van der Waals surface area contributed by atoms with Gasteiger partial charge >= 0.3 is 0 Å². The van der Waals surface area contributed by atoms with E-state index in [1.54, 1.807) is 0 Å². The largest absolute Gasteiger partial charge is 0.454 e. The van der Waals surface area contributed by atoms with Crippen LogP contribution in [0, 0.1) is 0 Å². The first kappa shape index (κ1) is 17.2. The second-order valence-corrected chi connectivity index (χ2v) is 7.43. The van der Waals surface area contributed by atoms with Crippen molar-refractivity contribution in [2.24, 2.45) is 0 Å². The van der Waals surface area contributed by atoms with Gasteiger partial charge in [0.2, 0.25) is 6.79 Å². The van der Waals surface area contributed by atoms with Crippen molar-refractivity contribution in [3.05, 3.63) is 59.9 Å². The van der Waals surface area contributed by atoms with Gasteiger partial charge in [0.25, 0.3) is 0 Å². The lowest BCUT2D eigenvalue weighted by atomic mass is 9.80. The molecule has 144 valence electrons. The Morgan fingerprint density at radius 2 is 1.79 bits per heavy atom. The molecule has 0 unspecified atom stereocenters. The van der Waals surface area contributed by atoms with Gasteiger partial charge in [-0.2, -0.15) is 4.68 Å². The fourth-order valence-electron chi connectivity index (χ4n) is 4.18. The highest BCUT2D eigenvalue weighted by molar-refractivity contribution is 5.50. The molecule has 3 aromatic rings. The zero-order chi connectivity index (χ0) is 18.8. The monoisotopic (exact) mass is 377 g/mol. The maximum Gasteiger partial charge on any atom is 0.231 e. The Balaban J connectivity index is 1.49. The first-order valence-electron chi connectivity index (χ1n) is 9.82. The Kier molecular flexibility index (Phi) is 4.44. The van der Waals surface area contributed by atoms with Gasteiger partial charge in [-0.25, -0.2) is 0 Å². The third kappa shape index (κ3) is 3.11. The highest BCUT2D eigenvalue weighted by Crippen LogP contribution is 2.38. The van der Waals surface area contributed by atoms with Crippen LogP contribution in [0.2, 0.25) is 0 Å². The molecule has 0 atom stereocenters. The first-order chi connectivity index (χ1) is 13.8. The highest BCUT2D eigenvalue weighted by atomic mass is 16.7. The van der Waals surface area contributed by atoms with Crippen LogP contribution < -0.4 is 14.8 Å². The minimum Gasteiger partial charge on any atom is -0.454 e. The second-order valence-electron chi connectivity index (χ2n) is 7.43. The molecule has 7 nitrogen and oxygen atoms in total. The fraction of sp³-hybridized carbons (Fsp3) is 0.381. The normalized spacial score (nSPS) is 17.6. The highest BCUT2D eigenvalue weighted by Gasteiger charge is 2.39. The summed E-state index contributed by atoms with van der Waals surface area (Å²) in [6.07, 6.45) is 5.61. The van der Waals surface area contributed by atoms with Crippen molar-refractivity contribution < 1.29 is 9.47 Å². The molecule has 0 bridgehead atoms. The van der Waals surface area contributed by atoms with Crippen LogP contribution >= 0.6 is 0 Å². The number of rotatable bonds is 5. The van der Waals surface area contributed by atoms with Crippen LogP contribution in [0.25, 0.3) is 5.69 Å². The van der Waals surface area contributed by atoms with Gasteiger partial charge in [0, 0.05) is 12.6 Å². The quantitative estimate of drug-likeness (QED) is 0.735. The summed E-state index contributed by atoms with van der Waals surface area (Å²) in [5, 5.41) is 16.6. The Morgan fingerprint density at radius 3 is 2.64 bits per heavy atom. The van der Waals surface area contributed by atoms with E-state index < -0.39 is 0 Å². The molecule has 1 aromatic heterocycles. The SMILES string of the molecule is c1ccc(CNC2(c3nnnn3-c3ccc4c(c3)OCO4)CCCCC2)cc1. The van der Waals surface area contributed by atoms with Gasteiger partial charge in [-0.15, -0.1) is 5.10 Å². The number of tetrazole rings is 1. The summed E-state index contributed by atoms with van der Waals surface area (Å²) < 4.78 is 12.8. The van der Waals surface area contributed by atoms with E-state index in [1.807, 2.05) is 28.9 Å². The van der Waals surface area contributed by atoms with Gasteiger partial charge in [-0.05, 0) is 41.0 Å². The van der Waals surface area contributed by atoms with Gasteiger partial charge in [0.1, 0.15) is 0 Å². The van der Waals surface area contributed by atoms with E-state index in [9.17, 15) is 0 Å². The van der Waals surface area contributed by atoms with Crippen LogP contribution in [0.4, 0.5) is 0 Å². The lowest BCUT2D eigenvalue weighted by molar-refractivity contribution is 0.174. The van der Waals surface area contributed by atoms with E-state index in [1.165, 1.54) is 12.0 Å². The number of ether oxygens (including phenoxy) is 2. The molecule has 1 aliphatic heterocycles. The number of aromatic nitrogens is 4. The molecule has 0 saturated heterocycles. The second kappa shape index (κ2) is 7.24. The molecular weight excluding hydrogens is 354 g/mol. The summed E-state index contributed by atoms with van der Waals surface area (Å²) >= 11 is 0. The summed E-state index contributed by atoms with van der Waals surface area (Å²) in [5.74, 6) is 2.35. The van der Waals surface area contributed by atoms with Crippen molar-refractivity contribution in [2.45, 2.75) is 44.2 Å². The van der Waals surface area contributed by atoms with Crippen molar-refractivity contribution in [3.8, 4) is 17.2 Å². The zero-order valence-electron chi connectivity index (χ0n) is 15.7. The maximum atomic E-state index is 5.53. The lowest BCUT2D eigenvalue weighted by Gasteiger charge is -2.37. The average molecular weight is 377 g/mol. The minimum absolute atomic E-state index is 0.242. The smallest absolute Gasteiger partial charge is 0.231 e. The Labute approximate surface area is 163 Å². The van der Waals surface area contributed by atoms with E-state index in [0.29, 0.717) is 0 Å². The van der Waals surface area contributed by atoms with Crippen molar-refractivity contribution in [3.63, 3.8) is 0 Å². The summed E-state index contributed by atoms with van der Waals surface area (Å²) in [4.78, 5) is 0. The van der Waals surface area contributed by atoms with Gasteiger partial charge in [0.05, 0.1) is 11.2 Å². The molecule has 2 aliphatic rings. The van der Waals surface area contributed by atoms with Crippen molar-refractivity contribution >= 4 is 0 Å². The minimum atomic E-state index is -0.242. The summed E-state index contributed by atoms with van der Waals surface area (Å²) in [6, 6.07) is 16.3. The predicted octanol–water partition coefficient (Wildman–Crippen LogP) is 3.34. The molecule has 0 radical (unpaired) electrons. The van der Waals surface area contributed by atoms with E-state index in [2.05, 4.69) is 45.1 Å². The molecule has 1 N–H and O–H groups in total. The van der Waals surface area contributed by atoms with Gasteiger partial charge < -0.3 is 14.8 Å². The Bertz CT molecular complexity index is 950. The predicted molar refractivity (Wildman–Crippen MR) is 103 cm³/mol. The summed E-state index contributed by atoms with van der Waals surface area (Å²) in [6.45, 7) is 1.04. The number of hydrogen-bond acceptors (Lipinski definition) is 6. The third-order valence-corrected chi connectivity index (χ3v) is 5.68. The number of fused-ring (bicyclic) bond motifs is 1. The Morgan fingerprint density at radius 1 is 0.964 bits per heavy atom. The van der Waals surface area contributed by atoms with Gasteiger partial charge in [0.15, 0.2) is 17.3 Å². The molecule has 28 heavy (non-hydrogen) atoms. The molecule has 1 aliphatic carbocycles. The number of nitrogens with zero attached hydrogens (tertiary/aromatic N) is 4. The number of benzene rings is 2. The third-order valence-electron chi connectivity index (χ3n) is 5.68. The Hall–Kier alpha value is -2.93. The number of nitrogens with one attached hydrogen (secondary N) is 1. The molecule has 2 heterocycles. The van der Waals surface area contributed by atoms with Crippen molar-refractivity contribution in [1.82, 2.24) is 25.5 Å². The molecular formula is C21H23N5O2. The maximum absolute atomic E-state index is 5.53. The number of hydrogen-bond donors (Lipinski definition) is 1. The van der Waals surface area contributed by atoms with E-state index in [-0.39, 0.29) is 12.3 Å². The van der Waals surface area contributed by atoms with Crippen LogP contribution in [-0.4, -0.2) is 27.0 Å². The van der Waals surface area contributed by atoms with E-state index >= 15 is 0 Å². The average Bonchev–Trinajstić information content (AvgIpc) is 3.43. The van der Waals surface area contributed by atoms with Crippen LogP contribution in [0.3, 0.4) is 0 Å². The standard InChI is InChI=1S/C21H23N5O2/c1-3-7-16(8-4-1)14-22-21(11-5-2-6-12-21)20-23-24-25-26(20)17-9-10-18-19(13-17)28-15-27-18/h1,3-4,7-10,13,22H,2,5-6,11-12,14-15H2. The van der Waals surface area contributed by atoms with Crippen LogP contribution in [0.15, 0.2) is 48.5 Å². The van der Waals surface area contributed by atoms with Crippen LogP contribution in [-0.2, 0) is 12.1 Å². The molecule has 0 amide bonds. The molecule has 0 spiro atoms. The molecule has 1 saturated carbocycles. The lowest BCUT2D eigenvalue weighted by Crippen LogP contribution is -2.45. The zero-order valence-corrected chi connectivity index (χ0v) is 15.7. The molecule has 5 rings (SSSR count). The summed E-state index contributed by atoms with van der Waals surface area (Å²) in [5.41, 5.74) is 1.90. The van der Waals surface area contributed by atoms with Gasteiger partial charge in [-0.1, -0.05) is 49.6 Å². The fourth-order valence-corrected chi connectivity index (χ4v) is 4.18. The van der Waals surface area contributed by atoms with Crippen LogP contribution in [0.5, 0.6) is 11.5 Å². The topological polar surface area (TPSA) is 74.1 Å². The first-order valence-corrected chi connectivity index (χ1v) is 9.82.